The summed E-state index contributed by atoms with van der Waals surface area (Å²) in [5.74, 6) is -0.905. The first-order valence-corrected chi connectivity index (χ1v) is 6.51. The number of benzene rings is 1. The summed E-state index contributed by atoms with van der Waals surface area (Å²) < 4.78 is 10.3. The molecular weight excluding hydrogens is 276 g/mol. The third kappa shape index (κ3) is 5.70. The summed E-state index contributed by atoms with van der Waals surface area (Å²) in [7, 11) is 1.37. The van der Waals surface area contributed by atoms with Crippen molar-refractivity contribution in [1.82, 2.24) is 5.32 Å². The molecule has 7 heteroatoms. The maximum absolute atomic E-state index is 11.6. The second-order valence-corrected chi connectivity index (χ2v) is 4.52. The zero-order chi connectivity index (χ0) is 15.8. The van der Waals surface area contributed by atoms with Crippen molar-refractivity contribution in [2.45, 2.75) is 20.0 Å². The Labute approximate surface area is 123 Å². The van der Waals surface area contributed by atoms with Crippen molar-refractivity contribution in [3.63, 3.8) is 0 Å². The second-order valence-electron chi connectivity index (χ2n) is 4.52. The average Bonchev–Trinajstić information content (AvgIpc) is 2.43. The molecule has 0 radical (unpaired) electrons. The van der Waals surface area contributed by atoms with Gasteiger partial charge in [0.2, 0.25) is 0 Å². The Morgan fingerprint density at radius 1 is 1.33 bits per heavy atom. The predicted octanol–water partition coefficient (Wildman–Crippen LogP) is 1.94. The number of methoxy groups -OCH3 is 1. The van der Waals surface area contributed by atoms with Gasteiger partial charge in [-0.3, -0.25) is 0 Å². The fraction of sp³-hybridized carbons (Fsp3) is 0.429. The molecule has 0 heterocycles. The minimum absolute atomic E-state index is 0.0359. The fourth-order valence-electron chi connectivity index (χ4n) is 1.58. The summed E-state index contributed by atoms with van der Waals surface area (Å²) in [5, 5.41) is 14.2. The van der Waals surface area contributed by atoms with Crippen LogP contribution in [0.1, 0.15) is 24.2 Å². The smallest absolute Gasteiger partial charge is 0.339 e. The third-order valence-corrected chi connectivity index (χ3v) is 2.53. The molecule has 0 saturated heterocycles. The third-order valence-electron chi connectivity index (χ3n) is 2.53. The Morgan fingerprint density at radius 3 is 2.62 bits per heavy atom. The van der Waals surface area contributed by atoms with Crippen molar-refractivity contribution in [3.05, 3.63) is 23.8 Å². The molecule has 0 saturated carbocycles. The van der Waals surface area contributed by atoms with Crippen molar-refractivity contribution < 1.29 is 24.2 Å². The van der Waals surface area contributed by atoms with E-state index in [9.17, 15) is 9.59 Å². The molecule has 0 aliphatic heterocycles. The summed E-state index contributed by atoms with van der Waals surface area (Å²) >= 11 is 0. The molecule has 116 valence electrons. The van der Waals surface area contributed by atoms with E-state index >= 15 is 0 Å². The highest BCUT2D eigenvalue weighted by molar-refractivity contribution is 5.94. The van der Waals surface area contributed by atoms with Crippen LogP contribution in [-0.4, -0.2) is 43.5 Å². The van der Waals surface area contributed by atoms with Crippen LogP contribution in [0, 0.1) is 0 Å². The number of hydrogen-bond donors (Lipinski definition) is 3. The number of nitrogens with one attached hydrogen (secondary N) is 2. The van der Waals surface area contributed by atoms with Crippen LogP contribution in [0.3, 0.4) is 0 Å². The van der Waals surface area contributed by atoms with Crippen LogP contribution >= 0.6 is 0 Å². The first-order chi connectivity index (χ1) is 9.93. The van der Waals surface area contributed by atoms with E-state index in [1.165, 1.54) is 25.3 Å². The molecule has 0 aliphatic carbocycles. The zero-order valence-electron chi connectivity index (χ0n) is 12.3. The number of anilines is 1. The Bertz CT molecular complexity index is 502. The van der Waals surface area contributed by atoms with E-state index < -0.39 is 12.0 Å². The van der Waals surface area contributed by atoms with Crippen molar-refractivity contribution >= 4 is 17.7 Å². The number of carbonyl (C=O) groups excluding carboxylic acids is 1. The normalized spacial score (nSPS) is 10.3. The Hall–Kier alpha value is -2.28. The quantitative estimate of drug-likeness (QED) is 0.668. The van der Waals surface area contributed by atoms with Gasteiger partial charge in [-0.1, -0.05) is 0 Å². The van der Waals surface area contributed by atoms with Gasteiger partial charge in [-0.05, 0) is 26.0 Å². The predicted molar refractivity (Wildman–Crippen MR) is 78.1 cm³/mol. The highest BCUT2D eigenvalue weighted by Gasteiger charge is 2.12. The number of ether oxygens (including phenoxy) is 2. The molecular formula is C14H20N2O5. The topological polar surface area (TPSA) is 96.9 Å². The van der Waals surface area contributed by atoms with Crippen LogP contribution in [0.4, 0.5) is 10.5 Å². The van der Waals surface area contributed by atoms with Gasteiger partial charge in [0.25, 0.3) is 0 Å². The number of aromatic carboxylic acids is 1. The van der Waals surface area contributed by atoms with Gasteiger partial charge in [-0.2, -0.15) is 0 Å². The van der Waals surface area contributed by atoms with Gasteiger partial charge in [0.05, 0.1) is 19.8 Å². The Balaban J connectivity index is 2.54. The molecule has 0 unspecified atom stereocenters. The first kappa shape index (κ1) is 16.8. The van der Waals surface area contributed by atoms with E-state index in [-0.39, 0.29) is 17.4 Å². The molecule has 1 aromatic rings. The number of carboxylic acid groups (broad SMARTS) is 1. The lowest BCUT2D eigenvalue weighted by Crippen LogP contribution is -2.32. The molecule has 3 N–H and O–H groups in total. The lowest BCUT2D eigenvalue weighted by Gasteiger charge is -2.11. The molecule has 0 aromatic heterocycles. The van der Waals surface area contributed by atoms with Crippen LogP contribution < -0.4 is 15.4 Å². The summed E-state index contributed by atoms with van der Waals surface area (Å²) in [6.45, 7) is 4.63. The van der Waals surface area contributed by atoms with Gasteiger partial charge in [-0.25, -0.2) is 9.59 Å². The molecule has 0 fully saturated rings. The van der Waals surface area contributed by atoms with Gasteiger partial charge in [0, 0.05) is 18.3 Å². The fourth-order valence-corrected chi connectivity index (χ4v) is 1.58. The molecule has 0 atom stereocenters. The number of carbonyl (C=O) groups is 2. The van der Waals surface area contributed by atoms with Crippen LogP contribution in [-0.2, 0) is 4.74 Å². The highest BCUT2D eigenvalue weighted by atomic mass is 16.5. The Kier molecular flexibility index (Phi) is 6.48. The summed E-state index contributed by atoms with van der Waals surface area (Å²) in [6.07, 6.45) is 0.114. The van der Waals surface area contributed by atoms with Gasteiger partial charge in [0.1, 0.15) is 11.3 Å². The van der Waals surface area contributed by atoms with E-state index in [1.807, 2.05) is 13.8 Å². The number of urea groups is 1. The van der Waals surface area contributed by atoms with E-state index in [0.29, 0.717) is 18.8 Å². The van der Waals surface area contributed by atoms with E-state index in [4.69, 9.17) is 14.6 Å². The number of carboxylic acids is 1. The SMILES string of the molecule is COc1cc(NC(=O)NCCOC(C)C)ccc1C(=O)O. The first-order valence-electron chi connectivity index (χ1n) is 6.51. The van der Waals surface area contributed by atoms with Crippen molar-refractivity contribution in [2.75, 3.05) is 25.6 Å². The molecule has 2 amide bonds. The maximum atomic E-state index is 11.6. The summed E-state index contributed by atoms with van der Waals surface area (Å²) in [5.41, 5.74) is 0.480. The van der Waals surface area contributed by atoms with Crippen molar-refractivity contribution in [1.29, 1.82) is 0 Å². The number of hydrogen-bond acceptors (Lipinski definition) is 4. The van der Waals surface area contributed by atoms with Crippen LogP contribution in [0.25, 0.3) is 0 Å². The number of rotatable bonds is 7. The summed E-state index contributed by atoms with van der Waals surface area (Å²) in [4.78, 5) is 22.6. The molecule has 0 spiro atoms. The van der Waals surface area contributed by atoms with Crippen molar-refractivity contribution in [3.8, 4) is 5.75 Å². The minimum Gasteiger partial charge on any atom is -0.496 e. The monoisotopic (exact) mass is 296 g/mol. The van der Waals surface area contributed by atoms with Crippen LogP contribution in [0.2, 0.25) is 0 Å². The van der Waals surface area contributed by atoms with Crippen molar-refractivity contribution in [2.24, 2.45) is 0 Å². The molecule has 1 rings (SSSR count). The zero-order valence-corrected chi connectivity index (χ0v) is 12.3. The summed E-state index contributed by atoms with van der Waals surface area (Å²) in [6, 6.07) is 3.93. The van der Waals surface area contributed by atoms with Gasteiger partial charge in [-0.15, -0.1) is 0 Å². The molecule has 0 aliphatic rings. The largest absolute Gasteiger partial charge is 0.496 e. The van der Waals surface area contributed by atoms with Crippen LogP contribution in [0.5, 0.6) is 5.75 Å². The lowest BCUT2D eigenvalue weighted by molar-refractivity contribution is 0.0693. The van der Waals surface area contributed by atoms with Gasteiger partial charge < -0.3 is 25.2 Å². The van der Waals surface area contributed by atoms with Gasteiger partial charge >= 0.3 is 12.0 Å². The lowest BCUT2D eigenvalue weighted by atomic mass is 10.2. The van der Waals surface area contributed by atoms with Gasteiger partial charge in [0.15, 0.2) is 0 Å². The van der Waals surface area contributed by atoms with E-state index in [1.54, 1.807) is 0 Å². The molecule has 0 bridgehead atoms. The maximum Gasteiger partial charge on any atom is 0.339 e. The van der Waals surface area contributed by atoms with Crippen LogP contribution in [0.15, 0.2) is 18.2 Å². The highest BCUT2D eigenvalue weighted by Crippen LogP contribution is 2.23. The second kappa shape index (κ2) is 8.11. The van der Waals surface area contributed by atoms with E-state index in [0.717, 1.165) is 0 Å². The molecule has 21 heavy (non-hydrogen) atoms. The molecule has 1 aromatic carbocycles. The standard InChI is InChI=1S/C14H20N2O5/c1-9(2)21-7-6-15-14(19)16-10-4-5-11(13(17)18)12(8-10)20-3/h4-5,8-9H,6-7H2,1-3H3,(H,17,18)(H2,15,16,19). The average molecular weight is 296 g/mol. The molecule has 7 nitrogen and oxygen atoms in total. The minimum atomic E-state index is -1.09. The van der Waals surface area contributed by atoms with E-state index in [2.05, 4.69) is 10.6 Å². The number of amides is 2. The Morgan fingerprint density at radius 2 is 2.05 bits per heavy atom.